The maximum atomic E-state index is 3.75. The van der Waals surface area contributed by atoms with Gasteiger partial charge < -0.3 is 5.32 Å². The summed E-state index contributed by atoms with van der Waals surface area (Å²) in [6.45, 7) is 12.9. The minimum Gasteiger partial charge on any atom is -0.314 e. The first-order chi connectivity index (χ1) is 8.90. The van der Waals surface area contributed by atoms with E-state index < -0.39 is 0 Å². The molecule has 0 amide bonds. The Labute approximate surface area is 121 Å². The first-order valence-corrected chi connectivity index (χ1v) is 8.64. The van der Waals surface area contributed by atoms with Gasteiger partial charge in [0.1, 0.15) is 0 Å². The lowest BCUT2D eigenvalue weighted by Gasteiger charge is -2.30. The predicted octanol–water partition coefficient (Wildman–Crippen LogP) is 5.40. The summed E-state index contributed by atoms with van der Waals surface area (Å²) < 4.78 is 0. The van der Waals surface area contributed by atoms with Crippen LogP contribution in [-0.4, -0.2) is 12.6 Å². The number of nitrogens with one attached hydrogen (secondary N) is 1. The largest absolute Gasteiger partial charge is 0.314 e. The van der Waals surface area contributed by atoms with Crippen molar-refractivity contribution in [1.82, 2.24) is 5.32 Å². The van der Waals surface area contributed by atoms with Gasteiger partial charge in [0, 0.05) is 6.04 Å². The Morgan fingerprint density at radius 1 is 1.11 bits per heavy atom. The molecule has 1 fully saturated rings. The smallest absolute Gasteiger partial charge is 0.00721 e. The standard InChI is InChI=1S/C18H37N/c1-6-19-17(12-15(2)14-18(3,4)5)13-16-10-8-7-9-11-16/h15-17,19H,6-14H2,1-5H3. The molecule has 1 rings (SSSR count). The van der Waals surface area contributed by atoms with Crippen LogP contribution in [0.15, 0.2) is 0 Å². The fourth-order valence-corrected chi connectivity index (χ4v) is 3.99. The topological polar surface area (TPSA) is 12.0 Å². The van der Waals surface area contributed by atoms with E-state index >= 15 is 0 Å². The van der Waals surface area contributed by atoms with E-state index in [0.717, 1.165) is 24.4 Å². The summed E-state index contributed by atoms with van der Waals surface area (Å²) in [5, 5.41) is 3.75. The highest BCUT2D eigenvalue weighted by atomic mass is 14.9. The second-order valence-electron chi connectivity index (χ2n) is 8.10. The second-order valence-corrected chi connectivity index (χ2v) is 8.10. The maximum Gasteiger partial charge on any atom is 0.00721 e. The SMILES string of the molecule is CCNC(CC(C)CC(C)(C)C)CC1CCCCC1. The monoisotopic (exact) mass is 267 g/mol. The molecule has 0 heterocycles. The van der Waals surface area contributed by atoms with Crippen LogP contribution in [0.4, 0.5) is 0 Å². The molecule has 2 unspecified atom stereocenters. The molecule has 1 N–H and O–H groups in total. The Morgan fingerprint density at radius 3 is 2.26 bits per heavy atom. The van der Waals surface area contributed by atoms with Gasteiger partial charge in [0.25, 0.3) is 0 Å². The van der Waals surface area contributed by atoms with Crippen LogP contribution in [0.25, 0.3) is 0 Å². The zero-order valence-electron chi connectivity index (χ0n) is 14.1. The summed E-state index contributed by atoms with van der Waals surface area (Å²) >= 11 is 0. The molecule has 0 aromatic carbocycles. The molecule has 2 atom stereocenters. The van der Waals surface area contributed by atoms with Crippen LogP contribution < -0.4 is 5.32 Å². The zero-order chi connectivity index (χ0) is 14.3. The van der Waals surface area contributed by atoms with Crippen LogP contribution in [0.2, 0.25) is 0 Å². The molecule has 0 aromatic heterocycles. The van der Waals surface area contributed by atoms with Crippen molar-refractivity contribution < 1.29 is 0 Å². The lowest BCUT2D eigenvalue weighted by molar-refractivity contribution is 0.242. The molecule has 0 aromatic rings. The number of hydrogen-bond acceptors (Lipinski definition) is 1. The first-order valence-electron chi connectivity index (χ1n) is 8.64. The Bertz CT molecular complexity index is 222. The highest BCUT2D eigenvalue weighted by molar-refractivity contribution is 4.78. The molecule has 0 radical (unpaired) electrons. The van der Waals surface area contributed by atoms with E-state index in [2.05, 4.69) is 39.9 Å². The first kappa shape index (κ1) is 17.0. The third kappa shape index (κ3) is 7.97. The highest BCUT2D eigenvalue weighted by Crippen LogP contribution is 2.31. The Kier molecular flexibility index (Phi) is 7.42. The maximum absolute atomic E-state index is 3.75. The van der Waals surface area contributed by atoms with Crippen LogP contribution in [0, 0.1) is 17.3 Å². The second kappa shape index (κ2) is 8.29. The molecular weight excluding hydrogens is 230 g/mol. The zero-order valence-corrected chi connectivity index (χ0v) is 14.1. The van der Waals surface area contributed by atoms with Crippen LogP contribution in [0.3, 0.4) is 0 Å². The average Bonchev–Trinajstić information content (AvgIpc) is 2.27. The van der Waals surface area contributed by atoms with Gasteiger partial charge >= 0.3 is 0 Å². The molecular formula is C18H37N. The fraction of sp³-hybridized carbons (Fsp3) is 1.00. The van der Waals surface area contributed by atoms with Crippen molar-refractivity contribution in [2.45, 2.75) is 92.0 Å². The van der Waals surface area contributed by atoms with Gasteiger partial charge in [-0.3, -0.25) is 0 Å². The van der Waals surface area contributed by atoms with Crippen molar-refractivity contribution in [3.8, 4) is 0 Å². The van der Waals surface area contributed by atoms with Crippen molar-refractivity contribution in [1.29, 1.82) is 0 Å². The van der Waals surface area contributed by atoms with Crippen molar-refractivity contribution in [3.05, 3.63) is 0 Å². The summed E-state index contributed by atoms with van der Waals surface area (Å²) in [5.74, 6) is 1.84. The molecule has 114 valence electrons. The van der Waals surface area contributed by atoms with Crippen LogP contribution in [-0.2, 0) is 0 Å². The van der Waals surface area contributed by atoms with Crippen molar-refractivity contribution in [2.24, 2.45) is 17.3 Å². The van der Waals surface area contributed by atoms with Crippen molar-refractivity contribution in [2.75, 3.05) is 6.54 Å². The molecule has 0 aliphatic heterocycles. The van der Waals surface area contributed by atoms with E-state index in [1.54, 1.807) is 0 Å². The molecule has 1 heteroatoms. The Morgan fingerprint density at radius 2 is 1.74 bits per heavy atom. The number of rotatable bonds is 7. The van der Waals surface area contributed by atoms with Gasteiger partial charge in [0.2, 0.25) is 0 Å². The minimum absolute atomic E-state index is 0.473. The van der Waals surface area contributed by atoms with Gasteiger partial charge in [-0.05, 0) is 43.1 Å². The summed E-state index contributed by atoms with van der Waals surface area (Å²) in [6.07, 6.45) is 11.5. The summed E-state index contributed by atoms with van der Waals surface area (Å²) in [4.78, 5) is 0. The summed E-state index contributed by atoms with van der Waals surface area (Å²) in [5.41, 5.74) is 0.473. The van der Waals surface area contributed by atoms with E-state index in [0.29, 0.717) is 5.41 Å². The average molecular weight is 268 g/mol. The van der Waals surface area contributed by atoms with Crippen molar-refractivity contribution in [3.63, 3.8) is 0 Å². The Balaban J connectivity index is 2.38. The summed E-state index contributed by atoms with van der Waals surface area (Å²) in [7, 11) is 0. The van der Waals surface area contributed by atoms with Gasteiger partial charge in [-0.15, -0.1) is 0 Å². The lowest BCUT2D eigenvalue weighted by atomic mass is 9.79. The van der Waals surface area contributed by atoms with Crippen molar-refractivity contribution >= 4 is 0 Å². The fourth-order valence-electron chi connectivity index (χ4n) is 3.99. The van der Waals surface area contributed by atoms with Gasteiger partial charge in [-0.1, -0.05) is 66.7 Å². The van der Waals surface area contributed by atoms with Gasteiger partial charge in [-0.25, -0.2) is 0 Å². The van der Waals surface area contributed by atoms with E-state index in [1.807, 2.05) is 0 Å². The molecule has 19 heavy (non-hydrogen) atoms. The summed E-state index contributed by atoms with van der Waals surface area (Å²) in [6, 6.07) is 0.755. The quantitative estimate of drug-likeness (QED) is 0.651. The van der Waals surface area contributed by atoms with E-state index in [1.165, 1.54) is 51.4 Å². The molecule has 1 saturated carbocycles. The third-order valence-corrected chi connectivity index (χ3v) is 4.48. The minimum atomic E-state index is 0.473. The normalized spacial score (nSPS) is 21.3. The predicted molar refractivity (Wildman–Crippen MR) is 86.5 cm³/mol. The molecule has 1 aliphatic rings. The third-order valence-electron chi connectivity index (χ3n) is 4.48. The van der Waals surface area contributed by atoms with Gasteiger partial charge in [0.15, 0.2) is 0 Å². The van der Waals surface area contributed by atoms with Crippen LogP contribution in [0.1, 0.15) is 86.0 Å². The molecule has 0 bridgehead atoms. The molecule has 0 spiro atoms. The van der Waals surface area contributed by atoms with Crippen LogP contribution in [0.5, 0.6) is 0 Å². The Hall–Kier alpha value is -0.0400. The van der Waals surface area contributed by atoms with E-state index in [4.69, 9.17) is 0 Å². The molecule has 0 saturated heterocycles. The van der Waals surface area contributed by atoms with Gasteiger partial charge in [-0.2, -0.15) is 0 Å². The van der Waals surface area contributed by atoms with E-state index in [9.17, 15) is 0 Å². The lowest BCUT2D eigenvalue weighted by Crippen LogP contribution is -2.33. The molecule has 1 aliphatic carbocycles. The highest BCUT2D eigenvalue weighted by Gasteiger charge is 2.22. The van der Waals surface area contributed by atoms with Gasteiger partial charge in [0.05, 0.1) is 0 Å². The molecule has 1 nitrogen and oxygen atoms in total. The van der Waals surface area contributed by atoms with Crippen LogP contribution >= 0.6 is 0 Å². The number of hydrogen-bond donors (Lipinski definition) is 1. The van der Waals surface area contributed by atoms with E-state index in [-0.39, 0.29) is 0 Å².